The second kappa shape index (κ2) is 9.38. The Bertz CT molecular complexity index is 1260. The van der Waals surface area contributed by atoms with Gasteiger partial charge >= 0.3 is 6.03 Å². The summed E-state index contributed by atoms with van der Waals surface area (Å²) in [6.07, 6.45) is 4.68. The molecule has 9 nitrogen and oxygen atoms in total. The van der Waals surface area contributed by atoms with Gasteiger partial charge in [-0.2, -0.15) is 0 Å². The molecule has 0 spiro atoms. The highest BCUT2D eigenvalue weighted by Crippen LogP contribution is 2.38. The summed E-state index contributed by atoms with van der Waals surface area (Å²) >= 11 is 0. The number of nitrogens with one attached hydrogen (secondary N) is 2. The van der Waals surface area contributed by atoms with Crippen LogP contribution in [0.3, 0.4) is 0 Å². The second-order valence-corrected chi connectivity index (χ2v) is 10.8. The van der Waals surface area contributed by atoms with Gasteiger partial charge in [0, 0.05) is 41.4 Å². The summed E-state index contributed by atoms with van der Waals surface area (Å²) in [6, 6.07) is 7.80. The molecule has 1 heterocycles. The molecule has 3 rings (SSSR count). The van der Waals surface area contributed by atoms with Crippen molar-refractivity contribution in [2.45, 2.75) is 32.6 Å². The molecule has 0 bridgehead atoms. The number of amides is 3. The maximum Gasteiger partial charge on any atom is 0.328 e. The van der Waals surface area contributed by atoms with Gasteiger partial charge in [0.25, 0.3) is 0 Å². The third-order valence-electron chi connectivity index (χ3n) is 5.28. The number of imide groups is 1. The molecule has 10 heteroatoms. The highest BCUT2D eigenvalue weighted by molar-refractivity contribution is 7.92. The first-order valence-corrected chi connectivity index (χ1v) is 12.5. The Balaban J connectivity index is 2.04. The highest BCUT2D eigenvalue weighted by atomic mass is 32.2. The van der Waals surface area contributed by atoms with E-state index in [1.807, 2.05) is 20.8 Å². The maximum absolute atomic E-state index is 12.4. The van der Waals surface area contributed by atoms with Crippen molar-refractivity contribution in [3.63, 3.8) is 0 Å². The monoisotopic (exact) mass is 487 g/mol. The Morgan fingerprint density at radius 1 is 1.12 bits per heavy atom. The lowest BCUT2D eigenvalue weighted by molar-refractivity contribution is -0.120. The van der Waals surface area contributed by atoms with Gasteiger partial charge in [0.2, 0.25) is 15.9 Å². The van der Waals surface area contributed by atoms with E-state index in [0.29, 0.717) is 33.8 Å². The van der Waals surface area contributed by atoms with E-state index in [1.165, 1.54) is 12.0 Å². The van der Waals surface area contributed by atoms with Crippen LogP contribution in [0, 0.1) is 0 Å². The number of hydrogen-bond donors (Lipinski definition) is 3. The highest BCUT2D eigenvalue weighted by Gasteiger charge is 2.27. The van der Waals surface area contributed by atoms with Crippen LogP contribution in [0.15, 0.2) is 30.3 Å². The van der Waals surface area contributed by atoms with Crippen LogP contribution in [-0.4, -0.2) is 45.4 Å². The zero-order valence-corrected chi connectivity index (χ0v) is 20.6. The molecule has 34 heavy (non-hydrogen) atoms. The lowest BCUT2D eigenvalue weighted by Crippen LogP contribution is -2.49. The summed E-state index contributed by atoms with van der Waals surface area (Å²) < 4.78 is 30.8. The minimum atomic E-state index is -3.43. The number of carbonyl (C=O) groups is 2. The van der Waals surface area contributed by atoms with E-state index in [9.17, 15) is 23.1 Å². The SMILES string of the molecule is COc1cc(NS(C)(=O)=O)ccc1C=Cc1cc(N2CCC(=O)NC2=O)cc(C(C)(C)C)c1O. The molecule has 182 valence electrons. The van der Waals surface area contributed by atoms with Gasteiger partial charge < -0.3 is 9.84 Å². The largest absolute Gasteiger partial charge is 0.507 e. The number of phenols is 1. The van der Waals surface area contributed by atoms with Crippen molar-refractivity contribution in [3.05, 3.63) is 47.0 Å². The van der Waals surface area contributed by atoms with Crippen molar-refractivity contribution >= 4 is 45.5 Å². The van der Waals surface area contributed by atoms with Gasteiger partial charge in [0.1, 0.15) is 11.5 Å². The topological polar surface area (TPSA) is 125 Å². The lowest BCUT2D eigenvalue weighted by atomic mass is 9.84. The first-order valence-electron chi connectivity index (χ1n) is 10.6. The smallest absolute Gasteiger partial charge is 0.328 e. The van der Waals surface area contributed by atoms with E-state index < -0.39 is 21.5 Å². The average molecular weight is 488 g/mol. The fraction of sp³-hybridized carbons (Fsp3) is 0.333. The molecule has 0 saturated carbocycles. The van der Waals surface area contributed by atoms with Gasteiger partial charge in [-0.1, -0.05) is 32.9 Å². The van der Waals surface area contributed by atoms with Crippen LogP contribution >= 0.6 is 0 Å². The molecule has 0 unspecified atom stereocenters. The summed E-state index contributed by atoms with van der Waals surface area (Å²) in [5, 5.41) is 13.3. The van der Waals surface area contributed by atoms with Gasteiger partial charge in [0.05, 0.1) is 19.1 Å². The molecule has 0 aliphatic carbocycles. The molecule has 1 aliphatic heterocycles. The number of carbonyl (C=O) groups excluding carboxylic acids is 2. The van der Waals surface area contributed by atoms with Crippen LogP contribution in [0.25, 0.3) is 12.2 Å². The number of methoxy groups -OCH3 is 1. The molecule has 3 N–H and O–H groups in total. The average Bonchev–Trinajstić information content (AvgIpc) is 2.71. The fourth-order valence-electron chi connectivity index (χ4n) is 3.61. The number of benzene rings is 2. The predicted molar refractivity (Wildman–Crippen MR) is 133 cm³/mol. The standard InChI is InChI=1S/C24H29N3O6S/c1-24(2,3)19-14-18(27-11-10-21(28)25-23(27)30)12-16(22(19)29)7-6-15-8-9-17(13-20(15)33-4)26-34(5,31)32/h6-9,12-14,26,29H,10-11H2,1-5H3,(H,25,28,30). The van der Waals surface area contributed by atoms with Gasteiger partial charge in [-0.05, 0) is 29.7 Å². The van der Waals surface area contributed by atoms with E-state index in [-0.39, 0.29) is 24.6 Å². The maximum atomic E-state index is 12.4. The Hall–Kier alpha value is -3.53. The molecule has 0 aromatic heterocycles. The van der Waals surface area contributed by atoms with E-state index >= 15 is 0 Å². The van der Waals surface area contributed by atoms with E-state index in [1.54, 1.807) is 42.5 Å². The number of urea groups is 1. The van der Waals surface area contributed by atoms with Gasteiger partial charge in [-0.25, -0.2) is 13.2 Å². The van der Waals surface area contributed by atoms with Crippen molar-refractivity contribution in [1.82, 2.24) is 5.32 Å². The van der Waals surface area contributed by atoms with Gasteiger partial charge in [-0.3, -0.25) is 19.7 Å². The second-order valence-electron chi connectivity index (χ2n) is 9.10. The first kappa shape index (κ1) is 25.1. The van der Waals surface area contributed by atoms with Crippen molar-refractivity contribution < 1.29 is 27.9 Å². The zero-order chi connectivity index (χ0) is 25.3. The van der Waals surface area contributed by atoms with Crippen molar-refractivity contribution in [2.24, 2.45) is 0 Å². The lowest BCUT2D eigenvalue weighted by Gasteiger charge is -2.29. The molecular weight excluding hydrogens is 458 g/mol. The normalized spacial score (nSPS) is 14.9. The Morgan fingerprint density at radius 2 is 1.79 bits per heavy atom. The minimum absolute atomic E-state index is 0.0790. The number of anilines is 2. The number of rotatable bonds is 6. The molecule has 1 fully saturated rings. The molecular formula is C24H29N3O6S. The van der Waals surface area contributed by atoms with Crippen LogP contribution in [0.4, 0.5) is 16.2 Å². The molecule has 3 amide bonds. The summed E-state index contributed by atoms with van der Waals surface area (Å²) in [5.41, 5.74) is 2.29. The number of aromatic hydroxyl groups is 1. The number of nitrogens with zero attached hydrogens (tertiary/aromatic N) is 1. The molecule has 1 aliphatic rings. The predicted octanol–water partition coefficient (Wildman–Crippen LogP) is 3.69. The van der Waals surface area contributed by atoms with E-state index in [0.717, 1.165) is 6.26 Å². The number of hydrogen-bond acceptors (Lipinski definition) is 6. The summed E-state index contributed by atoms with van der Waals surface area (Å²) in [7, 11) is -1.96. The zero-order valence-electron chi connectivity index (χ0n) is 19.8. The van der Waals surface area contributed by atoms with Crippen molar-refractivity contribution in [2.75, 3.05) is 29.5 Å². The van der Waals surface area contributed by atoms with Crippen LogP contribution in [0.5, 0.6) is 11.5 Å². The van der Waals surface area contributed by atoms with Crippen LogP contribution in [0.1, 0.15) is 43.9 Å². The van der Waals surface area contributed by atoms with Crippen LogP contribution in [0.2, 0.25) is 0 Å². The van der Waals surface area contributed by atoms with Gasteiger partial charge in [0.15, 0.2) is 0 Å². The molecule has 2 aromatic carbocycles. The third-order valence-corrected chi connectivity index (χ3v) is 5.88. The molecule has 0 radical (unpaired) electrons. The van der Waals surface area contributed by atoms with E-state index in [4.69, 9.17) is 4.74 Å². The van der Waals surface area contributed by atoms with Crippen LogP contribution < -0.4 is 19.7 Å². The summed E-state index contributed by atoms with van der Waals surface area (Å²) in [6.45, 7) is 6.10. The summed E-state index contributed by atoms with van der Waals surface area (Å²) in [5.74, 6) is 0.193. The van der Waals surface area contributed by atoms with E-state index in [2.05, 4.69) is 10.0 Å². The minimum Gasteiger partial charge on any atom is -0.507 e. The summed E-state index contributed by atoms with van der Waals surface area (Å²) in [4.78, 5) is 25.4. The van der Waals surface area contributed by atoms with Gasteiger partial charge in [-0.15, -0.1) is 0 Å². The fourth-order valence-corrected chi connectivity index (χ4v) is 4.17. The Labute approximate surface area is 199 Å². The number of sulfonamides is 1. The van der Waals surface area contributed by atoms with Crippen molar-refractivity contribution in [3.8, 4) is 11.5 Å². The number of phenolic OH excluding ortho intramolecular Hbond substituents is 1. The van der Waals surface area contributed by atoms with Crippen LogP contribution in [-0.2, 0) is 20.2 Å². The third kappa shape index (κ3) is 5.88. The molecule has 2 aromatic rings. The number of ether oxygens (including phenoxy) is 1. The quantitative estimate of drug-likeness (QED) is 0.534. The molecule has 1 saturated heterocycles. The first-order chi connectivity index (χ1) is 15.8. The Kier molecular flexibility index (Phi) is 6.92. The Morgan fingerprint density at radius 3 is 2.38 bits per heavy atom. The molecule has 0 atom stereocenters. The van der Waals surface area contributed by atoms with Crippen molar-refractivity contribution in [1.29, 1.82) is 0 Å².